The predicted molar refractivity (Wildman–Crippen MR) is 135 cm³/mol. The molecule has 2 aliphatic rings. The number of aryl methyl sites for hydroxylation is 2. The molecule has 7 rings (SSSR count). The van der Waals surface area contributed by atoms with Crippen LogP contribution in [0.5, 0.6) is 23.0 Å². The van der Waals surface area contributed by atoms with Crippen LogP contribution in [0.2, 0.25) is 0 Å². The highest BCUT2D eigenvalue weighted by Crippen LogP contribution is 2.41. The van der Waals surface area contributed by atoms with Gasteiger partial charge < -0.3 is 40.8 Å². The van der Waals surface area contributed by atoms with E-state index >= 15 is 0 Å². The van der Waals surface area contributed by atoms with Gasteiger partial charge in [-0.2, -0.15) is 4.57 Å². The van der Waals surface area contributed by atoms with Crippen LogP contribution < -0.4 is 45.3 Å². The van der Waals surface area contributed by atoms with Gasteiger partial charge in [0.2, 0.25) is 12.5 Å². The van der Waals surface area contributed by atoms with Crippen LogP contribution in [0, 0.1) is 0 Å². The van der Waals surface area contributed by atoms with E-state index in [4.69, 9.17) is 23.8 Å². The summed E-state index contributed by atoms with van der Waals surface area (Å²) in [5.74, 6) is 3.07. The van der Waals surface area contributed by atoms with Crippen LogP contribution in [0.15, 0.2) is 60.8 Å². The number of aromatic nitrogens is 4. The third-order valence-corrected chi connectivity index (χ3v) is 6.87. The lowest BCUT2D eigenvalue weighted by Gasteiger charge is -2.18. The van der Waals surface area contributed by atoms with Gasteiger partial charge in [-0.05, 0) is 52.6 Å². The SMILES string of the molecule is COc1ccc2cc3[n+](cc2c1OCCCOn1nnc2ccccc21)CCc1cc2c(cc1-3)OCO2.[Br-]. The van der Waals surface area contributed by atoms with Crippen LogP contribution in [-0.2, 0) is 13.0 Å². The summed E-state index contributed by atoms with van der Waals surface area (Å²) in [7, 11) is 1.66. The predicted octanol–water partition coefficient (Wildman–Crippen LogP) is 0.734. The van der Waals surface area contributed by atoms with Crippen LogP contribution in [0.25, 0.3) is 33.1 Å². The van der Waals surface area contributed by atoms with E-state index in [2.05, 4.69) is 45.3 Å². The number of benzene rings is 3. The van der Waals surface area contributed by atoms with E-state index in [9.17, 15) is 0 Å². The first kappa shape index (κ1) is 24.3. The molecule has 10 heteroatoms. The fourth-order valence-corrected chi connectivity index (χ4v) is 5.03. The highest BCUT2D eigenvalue weighted by Gasteiger charge is 2.28. The van der Waals surface area contributed by atoms with Crippen molar-refractivity contribution >= 4 is 21.8 Å². The number of nitrogens with zero attached hydrogens (tertiary/aromatic N) is 4. The highest BCUT2D eigenvalue weighted by molar-refractivity contribution is 5.91. The number of hydrogen-bond acceptors (Lipinski definition) is 7. The fraction of sp³-hybridized carbons (Fsp3) is 0.250. The van der Waals surface area contributed by atoms with Crippen LogP contribution in [0.1, 0.15) is 12.0 Å². The highest BCUT2D eigenvalue weighted by atomic mass is 79.9. The monoisotopic (exact) mass is 576 g/mol. The molecule has 2 aromatic heterocycles. The van der Waals surface area contributed by atoms with E-state index in [1.54, 1.807) is 7.11 Å². The van der Waals surface area contributed by atoms with Gasteiger partial charge in [-0.15, -0.1) is 5.10 Å². The Morgan fingerprint density at radius 2 is 1.89 bits per heavy atom. The molecule has 0 bridgehead atoms. The minimum Gasteiger partial charge on any atom is -1.00 e. The van der Waals surface area contributed by atoms with Gasteiger partial charge in [-0.3, -0.25) is 0 Å². The number of methoxy groups -OCH3 is 1. The molecule has 0 atom stereocenters. The molecule has 0 N–H and O–H groups in total. The second-order valence-electron chi connectivity index (χ2n) is 9.05. The summed E-state index contributed by atoms with van der Waals surface area (Å²) >= 11 is 0. The summed E-state index contributed by atoms with van der Waals surface area (Å²) in [5.41, 5.74) is 5.23. The summed E-state index contributed by atoms with van der Waals surface area (Å²) in [6.07, 6.45) is 3.75. The second-order valence-corrected chi connectivity index (χ2v) is 9.05. The van der Waals surface area contributed by atoms with Crippen LogP contribution in [-0.4, -0.2) is 42.3 Å². The Bertz CT molecular complexity index is 1650. The quantitative estimate of drug-likeness (QED) is 0.209. The minimum atomic E-state index is 0. The lowest BCUT2D eigenvalue weighted by molar-refractivity contribution is -0.686. The van der Waals surface area contributed by atoms with Gasteiger partial charge in [0.1, 0.15) is 17.6 Å². The van der Waals surface area contributed by atoms with Gasteiger partial charge in [0.05, 0.1) is 24.7 Å². The first-order valence-corrected chi connectivity index (χ1v) is 12.3. The molecular weight excluding hydrogens is 552 g/mol. The molecule has 0 radical (unpaired) electrons. The van der Waals surface area contributed by atoms with Crippen molar-refractivity contribution in [1.29, 1.82) is 0 Å². The van der Waals surface area contributed by atoms with Crippen molar-refractivity contribution < 1.29 is 45.3 Å². The maximum Gasteiger partial charge on any atom is 0.231 e. The number of fused-ring (bicyclic) bond motifs is 6. The van der Waals surface area contributed by atoms with Crippen molar-refractivity contribution in [1.82, 2.24) is 15.2 Å². The normalized spacial score (nSPS) is 13.1. The van der Waals surface area contributed by atoms with E-state index in [1.807, 2.05) is 30.3 Å². The average Bonchev–Trinajstić information content (AvgIpc) is 3.57. The summed E-state index contributed by atoms with van der Waals surface area (Å²) in [6.45, 7) is 2.05. The van der Waals surface area contributed by atoms with E-state index in [0.717, 1.165) is 57.7 Å². The third kappa shape index (κ3) is 4.14. The zero-order valence-electron chi connectivity index (χ0n) is 20.7. The molecule has 0 spiro atoms. The average molecular weight is 577 g/mol. The van der Waals surface area contributed by atoms with Crippen molar-refractivity contribution in [3.63, 3.8) is 0 Å². The Balaban J connectivity index is 0.00000264. The molecule has 0 saturated carbocycles. The fourth-order valence-electron chi connectivity index (χ4n) is 5.03. The molecule has 3 aromatic carbocycles. The smallest absolute Gasteiger partial charge is 0.231 e. The zero-order valence-corrected chi connectivity index (χ0v) is 22.3. The number of hydrogen-bond donors (Lipinski definition) is 0. The number of rotatable bonds is 7. The molecule has 38 heavy (non-hydrogen) atoms. The lowest BCUT2D eigenvalue weighted by atomic mass is 9.95. The molecular formula is C28H25BrN4O5. The molecule has 0 fully saturated rings. The standard InChI is InChI=1S/C28H25N4O5.BrH/c1-33-25-8-7-18-13-24-20-15-27-26(35-17-36-27)14-19(20)9-10-31(24)16-21(18)28(25)34-11-4-12-37-32-23-6-3-2-5-22(23)29-30-32;/h2-3,5-8,13-16H,4,9-12,17H2,1H3;1H/q+1;/p-1. The van der Waals surface area contributed by atoms with Crippen molar-refractivity contribution in [2.75, 3.05) is 27.1 Å². The Morgan fingerprint density at radius 3 is 2.79 bits per heavy atom. The van der Waals surface area contributed by atoms with E-state index in [-0.39, 0.29) is 23.8 Å². The molecule has 9 nitrogen and oxygen atoms in total. The van der Waals surface area contributed by atoms with Gasteiger partial charge >= 0.3 is 0 Å². The molecule has 0 saturated heterocycles. The second kappa shape index (κ2) is 10.0. The maximum atomic E-state index is 6.27. The topological polar surface area (TPSA) is 80.7 Å². The van der Waals surface area contributed by atoms with E-state index < -0.39 is 0 Å². The molecule has 0 aliphatic carbocycles. The molecule has 0 amide bonds. The van der Waals surface area contributed by atoms with E-state index in [0.29, 0.717) is 25.4 Å². The first-order valence-electron chi connectivity index (χ1n) is 12.3. The van der Waals surface area contributed by atoms with Crippen LogP contribution in [0.3, 0.4) is 0 Å². The van der Waals surface area contributed by atoms with Gasteiger partial charge in [-0.25, -0.2) is 0 Å². The van der Waals surface area contributed by atoms with Crippen molar-refractivity contribution in [3.8, 4) is 34.3 Å². The van der Waals surface area contributed by atoms with Crippen molar-refractivity contribution in [2.24, 2.45) is 0 Å². The third-order valence-electron chi connectivity index (χ3n) is 6.87. The van der Waals surface area contributed by atoms with E-state index in [1.165, 1.54) is 16.0 Å². The minimum absolute atomic E-state index is 0. The van der Waals surface area contributed by atoms with Gasteiger partial charge in [0, 0.05) is 18.9 Å². The van der Waals surface area contributed by atoms with Gasteiger partial charge in [0.15, 0.2) is 35.7 Å². The maximum absolute atomic E-state index is 6.27. The Hall–Kier alpha value is -4.05. The summed E-state index contributed by atoms with van der Waals surface area (Å²) < 4.78 is 25.4. The summed E-state index contributed by atoms with van der Waals surface area (Å²) in [6, 6.07) is 18.1. The van der Waals surface area contributed by atoms with Crippen molar-refractivity contribution in [3.05, 3.63) is 66.4 Å². The number of para-hydroxylation sites is 1. The first-order chi connectivity index (χ1) is 18.3. The van der Waals surface area contributed by atoms with Crippen LogP contribution >= 0.6 is 0 Å². The molecule has 2 aliphatic heterocycles. The van der Waals surface area contributed by atoms with Gasteiger partial charge in [-0.1, -0.05) is 17.0 Å². The van der Waals surface area contributed by atoms with Crippen LogP contribution in [0.4, 0.5) is 0 Å². The summed E-state index contributed by atoms with van der Waals surface area (Å²) in [4.78, 5) is 7.25. The number of pyridine rings is 1. The number of halogens is 1. The zero-order chi connectivity index (χ0) is 24.8. The van der Waals surface area contributed by atoms with Crippen molar-refractivity contribution in [2.45, 2.75) is 19.4 Å². The Morgan fingerprint density at radius 1 is 1.03 bits per heavy atom. The molecule has 0 unspecified atom stereocenters. The Kier molecular flexibility index (Phi) is 6.40. The molecule has 4 heterocycles. The summed E-state index contributed by atoms with van der Waals surface area (Å²) in [5, 5.41) is 10.3. The van der Waals surface area contributed by atoms with Gasteiger partial charge in [0.25, 0.3) is 0 Å². The lowest BCUT2D eigenvalue weighted by Crippen LogP contribution is -3.00. The molecule has 5 aromatic rings. The Labute approximate surface area is 229 Å². The largest absolute Gasteiger partial charge is 1.00 e. The molecule has 194 valence electrons. The number of ether oxygens (including phenoxy) is 4.